The van der Waals surface area contributed by atoms with E-state index in [0.717, 1.165) is 18.4 Å². The van der Waals surface area contributed by atoms with E-state index in [4.69, 9.17) is 4.52 Å². The monoisotopic (exact) mass is 339 g/mol. The van der Waals surface area contributed by atoms with Crippen LogP contribution in [0.3, 0.4) is 0 Å². The van der Waals surface area contributed by atoms with E-state index in [1.54, 1.807) is 7.05 Å². The molecule has 0 unspecified atom stereocenters. The van der Waals surface area contributed by atoms with Crippen LogP contribution in [0.25, 0.3) is 11.4 Å². The molecule has 0 bridgehead atoms. The first-order valence-electron chi connectivity index (χ1n) is 8.19. The molecule has 128 valence electrons. The number of carbonyl (C=O) groups excluding carboxylic acids is 2. The molecule has 2 aliphatic rings. The number of anilines is 1. The predicted octanol–water partition coefficient (Wildman–Crippen LogP) is 2.04. The van der Waals surface area contributed by atoms with E-state index in [0.29, 0.717) is 36.0 Å². The Morgan fingerprint density at radius 1 is 1.32 bits per heavy atom. The molecule has 8 heteroatoms. The summed E-state index contributed by atoms with van der Waals surface area (Å²) in [7, 11) is 1.60. The Labute approximate surface area is 143 Å². The van der Waals surface area contributed by atoms with Crippen molar-refractivity contribution in [3.63, 3.8) is 0 Å². The second kappa shape index (κ2) is 6.12. The van der Waals surface area contributed by atoms with Crippen LogP contribution in [0.1, 0.15) is 31.6 Å². The van der Waals surface area contributed by atoms with Gasteiger partial charge in [0.25, 0.3) is 5.89 Å². The van der Waals surface area contributed by atoms with Crippen LogP contribution in [-0.4, -0.2) is 39.7 Å². The Morgan fingerprint density at radius 2 is 2.16 bits per heavy atom. The number of amides is 2. The van der Waals surface area contributed by atoms with Crippen molar-refractivity contribution in [2.75, 3.05) is 12.4 Å². The minimum atomic E-state index is -0.0393. The van der Waals surface area contributed by atoms with Gasteiger partial charge in [-0.1, -0.05) is 17.3 Å². The Balaban J connectivity index is 1.54. The van der Waals surface area contributed by atoms with E-state index in [-0.39, 0.29) is 17.7 Å². The average Bonchev–Trinajstić information content (AvgIpc) is 3.35. The number of carbonyl (C=O) groups is 2. The van der Waals surface area contributed by atoms with Gasteiger partial charge < -0.3 is 9.84 Å². The average molecular weight is 339 g/mol. The Morgan fingerprint density at radius 3 is 2.92 bits per heavy atom. The maximum absolute atomic E-state index is 11.9. The van der Waals surface area contributed by atoms with Crippen LogP contribution in [0.4, 0.5) is 5.69 Å². The molecule has 1 aliphatic carbocycles. The zero-order valence-electron chi connectivity index (χ0n) is 13.7. The lowest BCUT2D eigenvalue weighted by Gasteiger charge is -2.17. The van der Waals surface area contributed by atoms with Gasteiger partial charge in [0.2, 0.25) is 17.6 Å². The minimum Gasteiger partial charge on any atom is -0.332 e. The van der Waals surface area contributed by atoms with E-state index < -0.39 is 0 Å². The van der Waals surface area contributed by atoms with Crippen molar-refractivity contribution in [1.29, 1.82) is 0 Å². The van der Waals surface area contributed by atoms with Gasteiger partial charge in [-0.15, -0.1) is 0 Å². The molecule has 0 atom stereocenters. The van der Waals surface area contributed by atoms with Crippen molar-refractivity contribution in [3.05, 3.63) is 30.2 Å². The largest absolute Gasteiger partial charge is 0.332 e. The van der Waals surface area contributed by atoms with E-state index >= 15 is 0 Å². The first-order valence-corrected chi connectivity index (χ1v) is 8.19. The molecule has 1 aromatic carbocycles. The summed E-state index contributed by atoms with van der Waals surface area (Å²) in [5.41, 5.74) is 2.05. The van der Waals surface area contributed by atoms with Gasteiger partial charge in [0.15, 0.2) is 0 Å². The molecule has 2 aromatic rings. The lowest BCUT2D eigenvalue weighted by molar-refractivity contribution is -0.130. The van der Waals surface area contributed by atoms with E-state index in [1.807, 2.05) is 24.3 Å². The molecule has 1 aliphatic heterocycles. The summed E-state index contributed by atoms with van der Waals surface area (Å²) in [5.74, 6) is 0.879. The fourth-order valence-electron chi connectivity index (χ4n) is 2.61. The molecule has 2 amide bonds. The highest BCUT2D eigenvalue weighted by Gasteiger charge is 2.29. The standard InChI is InChI=1S/C17H17N5O3/c1-22-14(23)8-7-13(20-22)17-19-15(21-25-17)11-3-2-4-12(9-11)18-16(24)10-5-6-10/h2-4,9-10H,5-8H2,1H3,(H,18,24). The third kappa shape index (κ3) is 3.28. The van der Waals surface area contributed by atoms with Gasteiger partial charge in [-0.25, -0.2) is 5.01 Å². The Kier molecular flexibility index (Phi) is 3.79. The summed E-state index contributed by atoms with van der Waals surface area (Å²) in [4.78, 5) is 27.7. The van der Waals surface area contributed by atoms with Crippen LogP contribution in [0, 0.1) is 5.92 Å². The van der Waals surface area contributed by atoms with Gasteiger partial charge in [-0.3, -0.25) is 9.59 Å². The molecule has 1 fully saturated rings. The molecule has 0 spiro atoms. The summed E-state index contributed by atoms with van der Waals surface area (Å²) < 4.78 is 5.29. The van der Waals surface area contributed by atoms with Gasteiger partial charge in [-0.2, -0.15) is 10.1 Å². The molecule has 1 saturated carbocycles. The predicted molar refractivity (Wildman–Crippen MR) is 89.6 cm³/mol. The number of benzene rings is 1. The second-order valence-electron chi connectivity index (χ2n) is 6.23. The molecule has 25 heavy (non-hydrogen) atoms. The highest BCUT2D eigenvalue weighted by atomic mass is 16.5. The van der Waals surface area contributed by atoms with Crippen LogP contribution in [0.15, 0.2) is 33.9 Å². The van der Waals surface area contributed by atoms with Crippen molar-refractivity contribution in [2.45, 2.75) is 25.7 Å². The van der Waals surface area contributed by atoms with Crippen molar-refractivity contribution < 1.29 is 14.1 Å². The lowest BCUT2D eigenvalue weighted by atomic mass is 10.1. The molecular formula is C17H17N5O3. The zero-order valence-corrected chi connectivity index (χ0v) is 13.7. The quantitative estimate of drug-likeness (QED) is 0.918. The van der Waals surface area contributed by atoms with Crippen molar-refractivity contribution in [3.8, 4) is 11.4 Å². The van der Waals surface area contributed by atoms with Gasteiger partial charge in [-0.05, 0) is 25.0 Å². The number of hydrogen-bond acceptors (Lipinski definition) is 6. The van der Waals surface area contributed by atoms with Gasteiger partial charge in [0.1, 0.15) is 5.71 Å². The fraction of sp³-hybridized carbons (Fsp3) is 0.353. The third-order valence-corrected chi connectivity index (χ3v) is 4.22. The second-order valence-corrected chi connectivity index (χ2v) is 6.23. The SMILES string of the molecule is CN1N=C(c2nc(-c3cccc(NC(=O)C4CC4)c3)no2)CCC1=O. The lowest BCUT2D eigenvalue weighted by Crippen LogP contribution is -2.28. The van der Waals surface area contributed by atoms with Gasteiger partial charge >= 0.3 is 0 Å². The summed E-state index contributed by atoms with van der Waals surface area (Å²) in [6, 6.07) is 7.32. The maximum Gasteiger partial charge on any atom is 0.274 e. The van der Waals surface area contributed by atoms with Gasteiger partial charge in [0, 0.05) is 37.1 Å². The highest BCUT2D eigenvalue weighted by molar-refractivity contribution is 6.01. The highest BCUT2D eigenvalue weighted by Crippen LogP contribution is 2.30. The number of hydrogen-bond donors (Lipinski definition) is 1. The minimum absolute atomic E-state index is 0.0393. The zero-order chi connectivity index (χ0) is 17.4. The topological polar surface area (TPSA) is 101 Å². The summed E-state index contributed by atoms with van der Waals surface area (Å²) in [6.07, 6.45) is 2.76. The van der Waals surface area contributed by atoms with E-state index in [2.05, 4.69) is 20.6 Å². The molecule has 1 N–H and O–H groups in total. The molecule has 0 saturated heterocycles. The van der Waals surface area contributed by atoms with Crippen molar-refractivity contribution >= 4 is 23.2 Å². The summed E-state index contributed by atoms with van der Waals surface area (Å²) in [6.45, 7) is 0. The normalized spacial score (nSPS) is 17.4. The number of rotatable bonds is 4. The maximum atomic E-state index is 11.9. The Bertz CT molecular complexity index is 869. The molecule has 4 rings (SSSR count). The third-order valence-electron chi connectivity index (χ3n) is 4.22. The van der Waals surface area contributed by atoms with Crippen LogP contribution in [-0.2, 0) is 9.59 Å². The van der Waals surface area contributed by atoms with Crippen LogP contribution < -0.4 is 5.32 Å². The van der Waals surface area contributed by atoms with E-state index in [1.165, 1.54) is 5.01 Å². The molecular weight excluding hydrogens is 322 g/mol. The van der Waals surface area contributed by atoms with Crippen LogP contribution in [0.5, 0.6) is 0 Å². The number of nitrogens with zero attached hydrogens (tertiary/aromatic N) is 4. The number of hydrazone groups is 1. The first-order chi connectivity index (χ1) is 12.1. The number of aromatic nitrogens is 2. The van der Waals surface area contributed by atoms with E-state index in [9.17, 15) is 9.59 Å². The van der Waals surface area contributed by atoms with Crippen LogP contribution >= 0.6 is 0 Å². The van der Waals surface area contributed by atoms with Crippen molar-refractivity contribution in [1.82, 2.24) is 15.1 Å². The first kappa shape index (κ1) is 15.5. The van der Waals surface area contributed by atoms with Crippen LogP contribution in [0.2, 0.25) is 0 Å². The molecule has 8 nitrogen and oxygen atoms in total. The fourth-order valence-corrected chi connectivity index (χ4v) is 2.61. The number of nitrogens with one attached hydrogen (secondary N) is 1. The molecule has 0 radical (unpaired) electrons. The summed E-state index contributed by atoms with van der Waals surface area (Å²) in [5, 5.41) is 12.4. The smallest absolute Gasteiger partial charge is 0.274 e. The van der Waals surface area contributed by atoms with Crippen molar-refractivity contribution in [2.24, 2.45) is 11.0 Å². The van der Waals surface area contributed by atoms with Gasteiger partial charge in [0.05, 0.1) is 0 Å². The molecule has 2 heterocycles. The molecule has 1 aromatic heterocycles. The summed E-state index contributed by atoms with van der Waals surface area (Å²) >= 11 is 0. The Hall–Kier alpha value is -3.03.